The summed E-state index contributed by atoms with van der Waals surface area (Å²) in [6, 6.07) is 5.53. The summed E-state index contributed by atoms with van der Waals surface area (Å²) >= 11 is 1.44. The standard InChI is InChI=1S/C18H21FN4O2S/c1-10-16(11(2)23(3)22-10)21-17(24)14-9-26-15(18(25)20-14)8-12-4-6-13(19)7-5-12/h4-7,14-15H,8-9H2,1-3H3,(H,20,25)(H,21,24). The number of halogens is 1. The zero-order valence-corrected chi connectivity index (χ0v) is 15.7. The van der Waals surface area contributed by atoms with Crippen molar-refractivity contribution in [1.82, 2.24) is 15.1 Å². The molecule has 26 heavy (non-hydrogen) atoms. The van der Waals surface area contributed by atoms with Gasteiger partial charge in [-0.15, -0.1) is 11.8 Å². The van der Waals surface area contributed by atoms with E-state index in [-0.39, 0.29) is 22.9 Å². The van der Waals surface area contributed by atoms with E-state index in [9.17, 15) is 14.0 Å². The van der Waals surface area contributed by atoms with E-state index in [1.54, 1.807) is 16.8 Å². The van der Waals surface area contributed by atoms with Gasteiger partial charge in [0, 0.05) is 12.8 Å². The Kier molecular flexibility index (Phi) is 5.31. The van der Waals surface area contributed by atoms with E-state index in [2.05, 4.69) is 15.7 Å². The molecule has 0 aliphatic carbocycles. The average molecular weight is 376 g/mol. The van der Waals surface area contributed by atoms with Crippen LogP contribution in [0.5, 0.6) is 0 Å². The minimum absolute atomic E-state index is 0.176. The van der Waals surface area contributed by atoms with Gasteiger partial charge in [0.1, 0.15) is 11.9 Å². The number of carbonyl (C=O) groups excluding carboxylic acids is 2. The Hall–Kier alpha value is -2.35. The summed E-state index contributed by atoms with van der Waals surface area (Å²) in [5, 5.41) is 9.64. The summed E-state index contributed by atoms with van der Waals surface area (Å²) in [6.07, 6.45) is 0.506. The summed E-state index contributed by atoms with van der Waals surface area (Å²) in [5.41, 5.74) is 3.18. The molecule has 2 aromatic rings. The van der Waals surface area contributed by atoms with E-state index in [1.807, 2.05) is 20.9 Å². The van der Waals surface area contributed by atoms with Crippen molar-refractivity contribution in [1.29, 1.82) is 0 Å². The van der Waals surface area contributed by atoms with Gasteiger partial charge in [-0.2, -0.15) is 5.10 Å². The predicted molar refractivity (Wildman–Crippen MR) is 99.6 cm³/mol. The maximum atomic E-state index is 13.0. The molecule has 1 aromatic carbocycles. The zero-order valence-electron chi connectivity index (χ0n) is 14.9. The third-order valence-electron chi connectivity index (χ3n) is 4.48. The van der Waals surface area contributed by atoms with Crippen LogP contribution in [-0.4, -0.2) is 38.6 Å². The lowest BCUT2D eigenvalue weighted by Crippen LogP contribution is -2.52. The number of rotatable bonds is 4. The number of thioether (sulfide) groups is 1. The molecule has 1 aliphatic heterocycles. The molecule has 2 amide bonds. The number of hydrogen-bond donors (Lipinski definition) is 2. The largest absolute Gasteiger partial charge is 0.343 e. The van der Waals surface area contributed by atoms with Crippen LogP contribution in [0.1, 0.15) is 17.0 Å². The van der Waals surface area contributed by atoms with E-state index in [0.29, 0.717) is 17.9 Å². The van der Waals surface area contributed by atoms with Crippen LogP contribution in [0.15, 0.2) is 24.3 Å². The van der Waals surface area contributed by atoms with Crippen LogP contribution in [0.2, 0.25) is 0 Å². The van der Waals surface area contributed by atoms with Gasteiger partial charge in [-0.1, -0.05) is 12.1 Å². The van der Waals surface area contributed by atoms with Crippen LogP contribution < -0.4 is 10.6 Å². The molecule has 1 aliphatic rings. The van der Waals surface area contributed by atoms with Crippen molar-refractivity contribution in [3.05, 3.63) is 47.0 Å². The van der Waals surface area contributed by atoms with Crippen molar-refractivity contribution in [3.63, 3.8) is 0 Å². The topological polar surface area (TPSA) is 76.0 Å². The van der Waals surface area contributed by atoms with Crippen LogP contribution in [0.25, 0.3) is 0 Å². The second-order valence-corrected chi connectivity index (χ2v) is 7.61. The lowest BCUT2D eigenvalue weighted by molar-refractivity contribution is -0.126. The molecule has 0 bridgehead atoms. The fourth-order valence-corrected chi connectivity index (χ4v) is 4.08. The quantitative estimate of drug-likeness (QED) is 0.855. The zero-order chi connectivity index (χ0) is 18.8. The summed E-state index contributed by atoms with van der Waals surface area (Å²) in [4.78, 5) is 24.9. The van der Waals surface area contributed by atoms with Crippen LogP contribution in [0.3, 0.4) is 0 Å². The van der Waals surface area contributed by atoms with E-state index in [1.165, 1.54) is 23.9 Å². The molecular weight excluding hydrogens is 355 g/mol. The average Bonchev–Trinajstić information content (AvgIpc) is 2.84. The molecule has 0 radical (unpaired) electrons. The lowest BCUT2D eigenvalue weighted by Gasteiger charge is -2.28. The first-order valence-corrected chi connectivity index (χ1v) is 9.37. The molecular formula is C18H21FN4O2S. The number of benzene rings is 1. The highest BCUT2D eigenvalue weighted by atomic mass is 32.2. The number of amides is 2. The Morgan fingerprint density at radius 2 is 2.08 bits per heavy atom. The van der Waals surface area contributed by atoms with Gasteiger partial charge in [-0.05, 0) is 38.0 Å². The molecule has 138 valence electrons. The molecule has 2 N–H and O–H groups in total. The van der Waals surface area contributed by atoms with Crippen molar-refractivity contribution < 1.29 is 14.0 Å². The maximum Gasteiger partial charge on any atom is 0.247 e. The fourth-order valence-electron chi connectivity index (χ4n) is 2.89. The number of aryl methyl sites for hydroxylation is 2. The highest BCUT2D eigenvalue weighted by Gasteiger charge is 2.33. The van der Waals surface area contributed by atoms with Crippen molar-refractivity contribution in [2.75, 3.05) is 11.1 Å². The van der Waals surface area contributed by atoms with Gasteiger partial charge in [-0.3, -0.25) is 14.3 Å². The normalized spacial score (nSPS) is 19.9. The number of carbonyl (C=O) groups is 2. The molecule has 8 heteroatoms. The third-order valence-corrected chi connectivity index (χ3v) is 5.79. The second kappa shape index (κ2) is 7.49. The highest BCUT2D eigenvalue weighted by molar-refractivity contribution is 8.00. The van der Waals surface area contributed by atoms with Crippen LogP contribution in [-0.2, 0) is 23.1 Å². The van der Waals surface area contributed by atoms with Gasteiger partial charge in [0.25, 0.3) is 0 Å². The first-order valence-electron chi connectivity index (χ1n) is 8.32. The van der Waals surface area contributed by atoms with E-state index in [4.69, 9.17) is 0 Å². The third kappa shape index (κ3) is 3.90. The second-order valence-electron chi connectivity index (χ2n) is 6.37. The van der Waals surface area contributed by atoms with Crippen molar-refractivity contribution >= 4 is 29.3 Å². The highest BCUT2D eigenvalue weighted by Crippen LogP contribution is 2.24. The minimum Gasteiger partial charge on any atom is -0.343 e. The van der Waals surface area contributed by atoms with Gasteiger partial charge in [-0.25, -0.2) is 4.39 Å². The van der Waals surface area contributed by atoms with Crippen molar-refractivity contribution in [2.24, 2.45) is 7.05 Å². The van der Waals surface area contributed by atoms with Gasteiger partial charge >= 0.3 is 0 Å². The minimum atomic E-state index is -0.587. The number of aromatic nitrogens is 2. The Bertz CT molecular complexity index is 834. The number of nitrogens with zero attached hydrogens (tertiary/aromatic N) is 2. The molecule has 2 heterocycles. The van der Waals surface area contributed by atoms with Gasteiger partial charge < -0.3 is 10.6 Å². The Balaban J connectivity index is 1.60. The molecule has 2 unspecified atom stereocenters. The summed E-state index contributed by atoms with van der Waals surface area (Å²) in [5.74, 6) is -0.232. The molecule has 6 nitrogen and oxygen atoms in total. The molecule has 0 spiro atoms. The van der Waals surface area contributed by atoms with E-state index in [0.717, 1.165) is 17.0 Å². The monoisotopic (exact) mass is 376 g/mol. The molecule has 0 saturated carbocycles. The van der Waals surface area contributed by atoms with Gasteiger partial charge in [0.05, 0.1) is 22.3 Å². The number of hydrogen-bond acceptors (Lipinski definition) is 4. The van der Waals surface area contributed by atoms with Gasteiger partial charge in [0.2, 0.25) is 11.8 Å². The first-order chi connectivity index (χ1) is 12.3. The van der Waals surface area contributed by atoms with E-state index < -0.39 is 6.04 Å². The molecule has 2 atom stereocenters. The summed E-state index contributed by atoms with van der Waals surface area (Å²) in [7, 11) is 1.82. The molecule has 3 rings (SSSR count). The summed E-state index contributed by atoms with van der Waals surface area (Å²) in [6.45, 7) is 3.71. The Morgan fingerprint density at radius 1 is 1.38 bits per heavy atom. The predicted octanol–water partition coefficient (Wildman–Crippen LogP) is 1.96. The van der Waals surface area contributed by atoms with Gasteiger partial charge in [0.15, 0.2) is 0 Å². The summed E-state index contributed by atoms with van der Waals surface area (Å²) < 4.78 is 14.7. The number of anilines is 1. The Morgan fingerprint density at radius 3 is 2.65 bits per heavy atom. The molecule has 1 saturated heterocycles. The SMILES string of the molecule is Cc1nn(C)c(C)c1NC(=O)C1CSC(Cc2ccc(F)cc2)C(=O)N1. The lowest BCUT2D eigenvalue weighted by atomic mass is 10.1. The van der Waals surface area contributed by atoms with Crippen molar-refractivity contribution in [2.45, 2.75) is 31.6 Å². The van der Waals surface area contributed by atoms with Crippen molar-refractivity contribution in [3.8, 4) is 0 Å². The maximum absolute atomic E-state index is 13.0. The van der Waals surface area contributed by atoms with Crippen LogP contribution in [0, 0.1) is 19.7 Å². The molecule has 1 fully saturated rings. The Labute approximate surface area is 155 Å². The van der Waals surface area contributed by atoms with Crippen LogP contribution >= 0.6 is 11.8 Å². The molecule has 1 aromatic heterocycles. The first kappa shape index (κ1) is 18.4. The smallest absolute Gasteiger partial charge is 0.247 e. The van der Waals surface area contributed by atoms with Crippen LogP contribution in [0.4, 0.5) is 10.1 Å². The number of nitrogens with one attached hydrogen (secondary N) is 2. The fraction of sp³-hybridized carbons (Fsp3) is 0.389. The van der Waals surface area contributed by atoms with E-state index >= 15 is 0 Å².